The molecule has 1 N–H and O–H groups in total. The van der Waals surface area contributed by atoms with Crippen molar-refractivity contribution in [2.45, 2.75) is 20.4 Å². The first-order valence-electron chi connectivity index (χ1n) is 9.02. The SMILES string of the molecule is Cc1ccc(-c2csc3ncn(CC(=O)Nc4cc(C)ccc4F)c(=O)c23)cc1. The molecule has 5 nitrogen and oxygen atoms in total. The van der Waals surface area contributed by atoms with E-state index in [1.165, 1.54) is 28.3 Å². The second kappa shape index (κ2) is 7.60. The summed E-state index contributed by atoms with van der Waals surface area (Å²) in [7, 11) is 0. The fourth-order valence-corrected chi connectivity index (χ4v) is 4.01. The summed E-state index contributed by atoms with van der Waals surface area (Å²) in [4.78, 5) is 30.4. The van der Waals surface area contributed by atoms with E-state index in [1.807, 2.05) is 36.6 Å². The molecule has 0 fully saturated rings. The molecule has 0 radical (unpaired) electrons. The van der Waals surface area contributed by atoms with Crippen LogP contribution in [0.25, 0.3) is 21.3 Å². The van der Waals surface area contributed by atoms with Crippen molar-refractivity contribution in [1.82, 2.24) is 9.55 Å². The molecule has 29 heavy (non-hydrogen) atoms. The molecule has 2 aromatic heterocycles. The van der Waals surface area contributed by atoms with Crippen molar-refractivity contribution < 1.29 is 9.18 Å². The van der Waals surface area contributed by atoms with Crippen molar-refractivity contribution in [2.24, 2.45) is 0 Å². The number of thiophene rings is 1. The highest BCUT2D eigenvalue weighted by atomic mass is 32.1. The van der Waals surface area contributed by atoms with Crippen LogP contribution in [0.15, 0.2) is 59.0 Å². The number of rotatable bonds is 4. The fraction of sp³-hybridized carbons (Fsp3) is 0.136. The second-order valence-electron chi connectivity index (χ2n) is 6.90. The van der Waals surface area contributed by atoms with Crippen LogP contribution in [0.2, 0.25) is 0 Å². The quantitative estimate of drug-likeness (QED) is 0.541. The number of carbonyl (C=O) groups is 1. The normalized spacial score (nSPS) is 11.0. The number of nitrogens with one attached hydrogen (secondary N) is 1. The van der Waals surface area contributed by atoms with Crippen LogP contribution < -0.4 is 10.9 Å². The number of hydrogen-bond acceptors (Lipinski definition) is 4. The summed E-state index contributed by atoms with van der Waals surface area (Å²) in [5.74, 6) is -1.02. The van der Waals surface area contributed by atoms with E-state index < -0.39 is 11.7 Å². The van der Waals surface area contributed by atoms with E-state index in [4.69, 9.17) is 0 Å². The zero-order valence-corrected chi connectivity index (χ0v) is 16.7. The Kier molecular flexibility index (Phi) is 4.98. The molecule has 0 aliphatic heterocycles. The monoisotopic (exact) mass is 407 g/mol. The molecule has 0 unspecified atom stereocenters. The van der Waals surface area contributed by atoms with Gasteiger partial charge in [0.05, 0.1) is 17.4 Å². The Morgan fingerprint density at radius 2 is 1.86 bits per heavy atom. The van der Waals surface area contributed by atoms with Crippen LogP contribution in [0.3, 0.4) is 0 Å². The average molecular weight is 407 g/mol. The summed E-state index contributed by atoms with van der Waals surface area (Å²) in [5.41, 5.74) is 3.46. The summed E-state index contributed by atoms with van der Waals surface area (Å²) < 4.78 is 15.1. The van der Waals surface area contributed by atoms with Crippen LogP contribution in [0.1, 0.15) is 11.1 Å². The predicted octanol–water partition coefficient (Wildman–Crippen LogP) is 4.52. The standard InChI is InChI=1S/C22H18FN3O2S/c1-13-3-6-15(7-4-13)16-11-29-21-20(16)22(28)26(12-24-21)10-19(27)25-18-9-14(2)5-8-17(18)23/h3-9,11-12H,10H2,1-2H3,(H,25,27). The number of benzene rings is 2. The topological polar surface area (TPSA) is 64.0 Å². The van der Waals surface area contributed by atoms with Gasteiger partial charge in [-0.3, -0.25) is 14.2 Å². The Hall–Kier alpha value is -3.32. The number of hydrogen-bond donors (Lipinski definition) is 1. The molecule has 4 aromatic rings. The highest BCUT2D eigenvalue weighted by Crippen LogP contribution is 2.30. The zero-order chi connectivity index (χ0) is 20.5. The Labute approximate surface area is 170 Å². The predicted molar refractivity (Wildman–Crippen MR) is 114 cm³/mol. The number of halogens is 1. The summed E-state index contributed by atoms with van der Waals surface area (Å²) in [6.07, 6.45) is 1.35. The van der Waals surface area contributed by atoms with Gasteiger partial charge in [0.2, 0.25) is 5.91 Å². The Balaban J connectivity index is 1.66. The van der Waals surface area contributed by atoms with E-state index in [0.29, 0.717) is 10.2 Å². The first-order chi connectivity index (χ1) is 13.9. The smallest absolute Gasteiger partial charge is 0.263 e. The van der Waals surface area contributed by atoms with Gasteiger partial charge in [-0.2, -0.15) is 0 Å². The third-order valence-corrected chi connectivity index (χ3v) is 5.52. The third kappa shape index (κ3) is 3.82. The molecule has 0 saturated carbocycles. The first-order valence-corrected chi connectivity index (χ1v) is 9.90. The zero-order valence-electron chi connectivity index (χ0n) is 15.9. The molecule has 0 bridgehead atoms. The maximum atomic E-state index is 13.9. The first kappa shape index (κ1) is 19.0. The van der Waals surface area contributed by atoms with Gasteiger partial charge in [0, 0.05) is 10.9 Å². The summed E-state index contributed by atoms with van der Waals surface area (Å²) in [6.45, 7) is 3.55. The summed E-state index contributed by atoms with van der Waals surface area (Å²) in [5, 5.41) is 4.90. The molecule has 0 aliphatic carbocycles. The minimum atomic E-state index is -0.524. The number of aromatic nitrogens is 2. The number of carbonyl (C=O) groups excluding carboxylic acids is 1. The molecular weight excluding hydrogens is 389 g/mol. The number of fused-ring (bicyclic) bond motifs is 1. The van der Waals surface area contributed by atoms with Gasteiger partial charge in [0.15, 0.2) is 0 Å². The van der Waals surface area contributed by atoms with Gasteiger partial charge in [-0.25, -0.2) is 9.37 Å². The van der Waals surface area contributed by atoms with Gasteiger partial charge in [0.25, 0.3) is 5.56 Å². The minimum absolute atomic E-state index is 0.0907. The lowest BCUT2D eigenvalue weighted by molar-refractivity contribution is -0.116. The molecule has 7 heteroatoms. The average Bonchev–Trinajstić information content (AvgIpc) is 3.12. The van der Waals surface area contributed by atoms with Crippen LogP contribution in [-0.2, 0) is 11.3 Å². The molecule has 0 spiro atoms. The van der Waals surface area contributed by atoms with E-state index in [1.54, 1.807) is 19.1 Å². The van der Waals surface area contributed by atoms with Crippen LogP contribution in [-0.4, -0.2) is 15.5 Å². The Bertz CT molecular complexity index is 1280. The highest BCUT2D eigenvalue weighted by Gasteiger charge is 2.15. The molecule has 0 atom stereocenters. The number of amides is 1. The van der Waals surface area contributed by atoms with Crippen molar-refractivity contribution in [3.8, 4) is 11.1 Å². The van der Waals surface area contributed by atoms with Gasteiger partial charge in [-0.1, -0.05) is 35.9 Å². The van der Waals surface area contributed by atoms with Crippen LogP contribution in [0, 0.1) is 19.7 Å². The maximum Gasteiger partial charge on any atom is 0.263 e. The van der Waals surface area contributed by atoms with Crippen LogP contribution in [0.4, 0.5) is 10.1 Å². The molecule has 146 valence electrons. The maximum absolute atomic E-state index is 13.9. The Morgan fingerprint density at radius 1 is 1.14 bits per heavy atom. The number of aryl methyl sites for hydroxylation is 2. The van der Waals surface area contributed by atoms with Crippen molar-refractivity contribution in [1.29, 1.82) is 0 Å². The van der Waals surface area contributed by atoms with E-state index in [2.05, 4.69) is 10.3 Å². The third-order valence-electron chi connectivity index (χ3n) is 4.63. The van der Waals surface area contributed by atoms with E-state index in [0.717, 1.165) is 22.3 Å². The second-order valence-corrected chi connectivity index (χ2v) is 7.76. The lowest BCUT2D eigenvalue weighted by Crippen LogP contribution is -2.28. The molecular formula is C22H18FN3O2S. The Morgan fingerprint density at radius 3 is 2.62 bits per heavy atom. The molecule has 0 saturated heterocycles. The summed E-state index contributed by atoms with van der Waals surface area (Å²) >= 11 is 1.39. The van der Waals surface area contributed by atoms with Crippen molar-refractivity contribution in [2.75, 3.05) is 5.32 Å². The van der Waals surface area contributed by atoms with E-state index >= 15 is 0 Å². The highest BCUT2D eigenvalue weighted by molar-refractivity contribution is 7.17. The molecule has 2 aromatic carbocycles. The van der Waals surface area contributed by atoms with Crippen LogP contribution in [0.5, 0.6) is 0 Å². The fourth-order valence-electron chi connectivity index (χ4n) is 3.11. The van der Waals surface area contributed by atoms with Gasteiger partial charge in [-0.15, -0.1) is 11.3 Å². The molecule has 2 heterocycles. The lowest BCUT2D eigenvalue weighted by atomic mass is 10.1. The van der Waals surface area contributed by atoms with Crippen molar-refractivity contribution >= 4 is 33.1 Å². The lowest BCUT2D eigenvalue weighted by Gasteiger charge is -2.09. The largest absolute Gasteiger partial charge is 0.322 e. The molecule has 1 amide bonds. The van der Waals surface area contributed by atoms with E-state index in [9.17, 15) is 14.0 Å². The van der Waals surface area contributed by atoms with Gasteiger partial charge in [-0.05, 0) is 37.1 Å². The minimum Gasteiger partial charge on any atom is -0.322 e. The van der Waals surface area contributed by atoms with Crippen molar-refractivity contribution in [3.05, 3.63) is 81.5 Å². The van der Waals surface area contributed by atoms with Gasteiger partial charge in [0.1, 0.15) is 17.2 Å². The van der Waals surface area contributed by atoms with Crippen molar-refractivity contribution in [3.63, 3.8) is 0 Å². The number of anilines is 1. The van der Waals surface area contributed by atoms with Crippen LogP contribution >= 0.6 is 11.3 Å². The van der Waals surface area contributed by atoms with Gasteiger partial charge >= 0.3 is 0 Å². The molecule has 4 rings (SSSR count). The van der Waals surface area contributed by atoms with E-state index in [-0.39, 0.29) is 17.8 Å². The summed E-state index contributed by atoms with van der Waals surface area (Å²) in [6, 6.07) is 12.4. The number of nitrogens with zero attached hydrogens (tertiary/aromatic N) is 2. The van der Waals surface area contributed by atoms with Gasteiger partial charge < -0.3 is 5.32 Å². The molecule has 0 aliphatic rings.